The molecule has 0 aliphatic heterocycles. The van der Waals surface area contributed by atoms with E-state index in [9.17, 15) is 14.7 Å². The number of carbonyl (C=O) groups excluding carboxylic acids is 1. The number of carboxylic acid groups (broad SMARTS) is 1. The number of amides is 1. The summed E-state index contributed by atoms with van der Waals surface area (Å²) < 4.78 is 5.33. The van der Waals surface area contributed by atoms with Gasteiger partial charge in [-0.3, -0.25) is 4.79 Å². The van der Waals surface area contributed by atoms with Crippen LogP contribution in [-0.4, -0.2) is 41.0 Å². The number of aliphatic carboxylic acids is 1. The number of fused-ring (bicyclic) bond motifs is 3. The van der Waals surface area contributed by atoms with Gasteiger partial charge in [0.1, 0.15) is 6.61 Å². The maximum Gasteiger partial charge on any atom is 0.407 e. The van der Waals surface area contributed by atoms with Gasteiger partial charge in [0.15, 0.2) is 0 Å². The second-order valence-corrected chi connectivity index (χ2v) is 6.75. The topological polar surface area (TPSA) is 95.9 Å². The fourth-order valence-corrected chi connectivity index (χ4v) is 3.30. The molecule has 0 bridgehead atoms. The number of carbonyl (C=O) groups is 2. The van der Waals surface area contributed by atoms with Gasteiger partial charge in [0.25, 0.3) is 0 Å². The summed E-state index contributed by atoms with van der Waals surface area (Å²) in [7, 11) is 0. The van der Waals surface area contributed by atoms with Crippen molar-refractivity contribution in [1.82, 2.24) is 5.32 Å². The van der Waals surface area contributed by atoms with Crippen LogP contribution in [0.1, 0.15) is 30.4 Å². The minimum Gasteiger partial charge on any atom is -0.481 e. The molecule has 3 rings (SSSR count). The lowest BCUT2D eigenvalue weighted by Crippen LogP contribution is -2.42. The van der Waals surface area contributed by atoms with Crippen molar-refractivity contribution in [2.75, 3.05) is 13.2 Å². The van der Waals surface area contributed by atoms with Gasteiger partial charge in [0, 0.05) is 12.5 Å². The van der Waals surface area contributed by atoms with E-state index in [4.69, 9.17) is 9.84 Å². The van der Waals surface area contributed by atoms with Crippen LogP contribution in [0.4, 0.5) is 4.79 Å². The Bertz CT molecular complexity index is 785. The Balaban J connectivity index is 1.63. The highest BCUT2D eigenvalue weighted by atomic mass is 16.5. The van der Waals surface area contributed by atoms with Crippen molar-refractivity contribution in [1.29, 1.82) is 0 Å². The van der Waals surface area contributed by atoms with Crippen molar-refractivity contribution in [2.24, 2.45) is 0 Å². The fourth-order valence-electron chi connectivity index (χ4n) is 3.30. The maximum absolute atomic E-state index is 12.0. The molecule has 3 N–H and O–H groups in total. The summed E-state index contributed by atoms with van der Waals surface area (Å²) in [6.07, 6.45) is -1.14. The van der Waals surface area contributed by atoms with Gasteiger partial charge >= 0.3 is 12.1 Å². The summed E-state index contributed by atoms with van der Waals surface area (Å²) in [6.45, 7) is 1.32. The van der Waals surface area contributed by atoms with Crippen LogP contribution in [0.3, 0.4) is 0 Å². The molecule has 1 aliphatic rings. The molecule has 26 heavy (non-hydrogen) atoms. The van der Waals surface area contributed by atoms with Crippen LogP contribution in [0.5, 0.6) is 0 Å². The molecule has 0 fully saturated rings. The largest absolute Gasteiger partial charge is 0.481 e. The first-order valence-electron chi connectivity index (χ1n) is 8.40. The van der Waals surface area contributed by atoms with E-state index in [0.29, 0.717) is 0 Å². The molecule has 2 aromatic rings. The molecule has 0 heterocycles. The summed E-state index contributed by atoms with van der Waals surface area (Å²) in [5, 5.41) is 21.1. The standard InChI is InChI=1S/C20H21NO5/c1-20(25,10-18(22)23)12-21-19(24)26-11-17-15-8-4-2-6-13(15)14-7-3-5-9-16(14)17/h2-9,17,25H,10-12H2,1H3,(H,21,24)(H,22,23)/t20-/m1/s1. The average molecular weight is 355 g/mol. The average Bonchev–Trinajstić information content (AvgIpc) is 2.91. The van der Waals surface area contributed by atoms with Gasteiger partial charge in [0.05, 0.1) is 12.0 Å². The predicted octanol–water partition coefficient (Wildman–Crippen LogP) is 2.75. The Hall–Kier alpha value is -2.86. The second kappa shape index (κ2) is 7.17. The van der Waals surface area contributed by atoms with Crippen molar-refractivity contribution in [3.05, 3.63) is 59.7 Å². The molecule has 0 spiro atoms. The molecule has 0 saturated carbocycles. The van der Waals surface area contributed by atoms with Gasteiger partial charge in [-0.15, -0.1) is 0 Å². The lowest BCUT2D eigenvalue weighted by molar-refractivity contribution is -0.141. The Morgan fingerprint density at radius 2 is 1.62 bits per heavy atom. The molecule has 1 aliphatic carbocycles. The first-order valence-corrected chi connectivity index (χ1v) is 8.40. The molecule has 6 heteroatoms. The monoisotopic (exact) mass is 355 g/mol. The molecule has 0 saturated heterocycles. The van der Waals surface area contributed by atoms with E-state index in [1.54, 1.807) is 0 Å². The van der Waals surface area contributed by atoms with Crippen molar-refractivity contribution in [3.63, 3.8) is 0 Å². The molecule has 1 atom stereocenters. The summed E-state index contributed by atoms with van der Waals surface area (Å²) in [5.74, 6) is -1.18. The first kappa shape index (κ1) is 17.9. The Labute approximate surface area is 151 Å². The van der Waals surface area contributed by atoms with Gasteiger partial charge in [-0.1, -0.05) is 48.5 Å². The predicted molar refractivity (Wildman–Crippen MR) is 95.9 cm³/mol. The number of carboxylic acids is 1. The summed E-state index contributed by atoms with van der Waals surface area (Å²) in [5.41, 5.74) is 2.97. The van der Waals surface area contributed by atoms with Gasteiger partial charge in [-0.05, 0) is 29.2 Å². The molecule has 1 amide bonds. The highest BCUT2D eigenvalue weighted by Gasteiger charge is 2.29. The number of alkyl carbamates (subject to hydrolysis) is 1. The van der Waals surface area contributed by atoms with E-state index in [1.165, 1.54) is 6.92 Å². The zero-order valence-electron chi connectivity index (χ0n) is 14.4. The zero-order chi connectivity index (χ0) is 18.7. The summed E-state index contributed by atoms with van der Waals surface area (Å²) in [6, 6.07) is 16.0. The SMILES string of the molecule is C[C@](O)(CNC(=O)OCC1c2ccccc2-c2ccccc21)CC(=O)O. The van der Waals surface area contributed by atoms with Gasteiger partial charge in [-0.2, -0.15) is 0 Å². The van der Waals surface area contributed by atoms with E-state index in [1.807, 2.05) is 36.4 Å². The van der Waals surface area contributed by atoms with Crippen LogP contribution in [0.2, 0.25) is 0 Å². The van der Waals surface area contributed by atoms with Gasteiger partial charge in [0.2, 0.25) is 0 Å². The highest BCUT2D eigenvalue weighted by Crippen LogP contribution is 2.44. The summed E-state index contributed by atoms with van der Waals surface area (Å²) >= 11 is 0. The Kier molecular flexibility index (Phi) is 4.95. The van der Waals surface area contributed by atoms with Crippen molar-refractivity contribution < 1.29 is 24.5 Å². The quantitative estimate of drug-likeness (QED) is 0.740. The number of ether oxygens (including phenoxy) is 1. The van der Waals surface area contributed by atoms with Crippen LogP contribution in [0.25, 0.3) is 11.1 Å². The minimum atomic E-state index is -1.53. The van der Waals surface area contributed by atoms with Crippen molar-refractivity contribution >= 4 is 12.1 Å². The maximum atomic E-state index is 12.0. The summed E-state index contributed by atoms with van der Waals surface area (Å²) in [4.78, 5) is 22.7. The van der Waals surface area contributed by atoms with Crippen LogP contribution in [0, 0.1) is 0 Å². The lowest BCUT2D eigenvalue weighted by Gasteiger charge is -2.21. The molecule has 2 aromatic carbocycles. The van der Waals surface area contributed by atoms with Gasteiger partial charge in [-0.25, -0.2) is 4.79 Å². The molecule has 6 nitrogen and oxygen atoms in total. The number of benzene rings is 2. The van der Waals surface area contributed by atoms with Gasteiger partial charge < -0.3 is 20.3 Å². The number of hydrogen-bond donors (Lipinski definition) is 3. The third-order valence-corrected chi connectivity index (χ3v) is 4.49. The van der Waals surface area contributed by atoms with Crippen LogP contribution in [0.15, 0.2) is 48.5 Å². The van der Waals surface area contributed by atoms with E-state index in [2.05, 4.69) is 17.4 Å². The third kappa shape index (κ3) is 3.86. The molecule has 0 unspecified atom stereocenters. The molecule has 0 aromatic heterocycles. The van der Waals surface area contributed by atoms with Crippen LogP contribution in [-0.2, 0) is 9.53 Å². The third-order valence-electron chi connectivity index (χ3n) is 4.49. The van der Waals surface area contributed by atoms with E-state index >= 15 is 0 Å². The molecular formula is C20H21NO5. The normalized spacial score (nSPS) is 14.8. The number of rotatable bonds is 6. The number of aliphatic hydroxyl groups is 1. The Morgan fingerprint density at radius 3 is 2.15 bits per heavy atom. The lowest BCUT2D eigenvalue weighted by atomic mass is 9.98. The van der Waals surface area contributed by atoms with Crippen LogP contribution >= 0.6 is 0 Å². The van der Waals surface area contributed by atoms with E-state index in [0.717, 1.165) is 22.3 Å². The highest BCUT2D eigenvalue weighted by molar-refractivity contribution is 5.79. The number of hydrogen-bond acceptors (Lipinski definition) is 4. The molecular weight excluding hydrogens is 334 g/mol. The molecule has 136 valence electrons. The second-order valence-electron chi connectivity index (χ2n) is 6.75. The van der Waals surface area contributed by atoms with Crippen molar-refractivity contribution in [2.45, 2.75) is 24.9 Å². The van der Waals surface area contributed by atoms with Crippen LogP contribution < -0.4 is 5.32 Å². The zero-order valence-corrected chi connectivity index (χ0v) is 14.4. The fraction of sp³-hybridized carbons (Fsp3) is 0.300. The van der Waals surface area contributed by atoms with Crippen molar-refractivity contribution in [3.8, 4) is 11.1 Å². The van der Waals surface area contributed by atoms with E-state index in [-0.39, 0.29) is 19.1 Å². The minimum absolute atomic E-state index is 0.0484. The smallest absolute Gasteiger partial charge is 0.407 e. The molecule has 0 radical (unpaired) electrons. The number of nitrogens with one attached hydrogen (secondary N) is 1. The Morgan fingerprint density at radius 1 is 1.08 bits per heavy atom. The van der Waals surface area contributed by atoms with E-state index < -0.39 is 24.1 Å². The first-order chi connectivity index (χ1) is 12.4.